The largest absolute Gasteiger partial charge is 0.493 e. The zero-order valence-corrected chi connectivity index (χ0v) is 16.2. The monoisotopic (exact) mass is 395 g/mol. The molecular weight excluding hydrogens is 370 g/mol. The zero-order valence-electron chi connectivity index (χ0n) is 16.2. The molecule has 9 nitrogen and oxygen atoms in total. The molecule has 1 saturated heterocycles. The summed E-state index contributed by atoms with van der Waals surface area (Å²) in [5.41, 5.74) is 7.12. The molecule has 29 heavy (non-hydrogen) atoms. The van der Waals surface area contributed by atoms with Gasteiger partial charge in [-0.2, -0.15) is 0 Å². The highest BCUT2D eigenvalue weighted by molar-refractivity contribution is 5.84. The standard InChI is InChI=1S/C20H25N7O2/c21-19(26-9-11-27(12-10-26)20-22-7-3-8-23-20)24-14-18(28)25-16-6-13-29-17-5-2-1-4-15(16)17/h1-5,7-8,16H,6,9-14H2,(H2,21,24)(H,25,28). The summed E-state index contributed by atoms with van der Waals surface area (Å²) in [5.74, 6) is 1.79. The summed E-state index contributed by atoms with van der Waals surface area (Å²) in [5, 5.41) is 3.04. The minimum atomic E-state index is -0.147. The van der Waals surface area contributed by atoms with Gasteiger partial charge in [0.05, 0.1) is 12.6 Å². The second-order valence-electron chi connectivity index (χ2n) is 6.99. The molecule has 3 heterocycles. The van der Waals surface area contributed by atoms with Gasteiger partial charge in [0, 0.05) is 50.6 Å². The summed E-state index contributed by atoms with van der Waals surface area (Å²) in [6, 6.07) is 9.52. The van der Waals surface area contributed by atoms with Crippen molar-refractivity contribution in [3.05, 3.63) is 48.3 Å². The van der Waals surface area contributed by atoms with Crippen LogP contribution in [0.25, 0.3) is 0 Å². The first-order chi connectivity index (χ1) is 14.2. The van der Waals surface area contributed by atoms with Gasteiger partial charge in [-0.3, -0.25) is 4.79 Å². The highest BCUT2D eigenvalue weighted by Crippen LogP contribution is 2.31. The summed E-state index contributed by atoms with van der Waals surface area (Å²) in [4.78, 5) is 29.3. The molecular formula is C20H25N7O2. The minimum Gasteiger partial charge on any atom is -0.493 e. The van der Waals surface area contributed by atoms with E-state index in [1.165, 1.54) is 0 Å². The van der Waals surface area contributed by atoms with E-state index >= 15 is 0 Å². The molecule has 0 radical (unpaired) electrons. The number of nitrogens with zero attached hydrogens (tertiary/aromatic N) is 5. The van der Waals surface area contributed by atoms with E-state index in [4.69, 9.17) is 10.5 Å². The number of nitrogens with one attached hydrogen (secondary N) is 1. The number of rotatable bonds is 4. The Morgan fingerprint density at radius 2 is 1.93 bits per heavy atom. The molecule has 2 aromatic rings. The third-order valence-corrected chi connectivity index (χ3v) is 5.12. The third-order valence-electron chi connectivity index (χ3n) is 5.12. The van der Waals surface area contributed by atoms with Gasteiger partial charge in [0.25, 0.3) is 0 Å². The number of para-hydroxylation sites is 1. The smallest absolute Gasteiger partial charge is 0.242 e. The van der Waals surface area contributed by atoms with E-state index in [0.29, 0.717) is 25.7 Å². The molecule has 4 rings (SSSR count). The Kier molecular flexibility index (Phi) is 5.73. The molecule has 1 atom stereocenters. The van der Waals surface area contributed by atoms with Crippen molar-refractivity contribution in [2.24, 2.45) is 10.7 Å². The van der Waals surface area contributed by atoms with E-state index in [-0.39, 0.29) is 18.5 Å². The molecule has 0 spiro atoms. The predicted molar refractivity (Wildman–Crippen MR) is 110 cm³/mol. The quantitative estimate of drug-likeness (QED) is 0.575. The molecule has 1 amide bonds. The predicted octanol–water partition coefficient (Wildman–Crippen LogP) is 0.553. The number of aliphatic imine (C=N–C) groups is 1. The highest BCUT2D eigenvalue weighted by atomic mass is 16.5. The summed E-state index contributed by atoms with van der Waals surface area (Å²) >= 11 is 0. The molecule has 1 fully saturated rings. The van der Waals surface area contributed by atoms with Gasteiger partial charge in [0.1, 0.15) is 12.3 Å². The maximum atomic E-state index is 12.4. The van der Waals surface area contributed by atoms with Gasteiger partial charge in [-0.1, -0.05) is 18.2 Å². The number of hydrogen-bond donors (Lipinski definition) is 2. The molecule has 0 saturated carbocycles. The van der Waals surface area contributed by atoms with Crippen molar-refractivity contribution in [1.29, 1.82) is 0 Å². The first kappa shape index (κ1) is 19.0. The Morgan fingerprint density at radius 3 is 2.72 bits per heavy atom. The van der Waals surface area contributed by atoms with E-state index < -0.39 is 0 Å². The van der Waals surface area contributed by atoms with Crippen molar-refractivity contribution in [3.8, 4) is 5.75 Å². The topological polar surface area (TPSA) is 109 Å². The van der Waals surface area contributed by atoms with E-state index in [1.54, 1.807) is 18.5 Å². The van der Waals surface area contributed by atoms with E-state index in [1.807, 2.05) is 29.2 Å². The number of guanidine groups is 1. The fourth-order valence-electron chi connectivity index (χ4n) is 3.57. The van der Waals surface area contributed by atoms with Gasteiger partial charge in [0.2, 0.25) is 11.9 Å². The van der Waals surface area contributed by atoms with Crippen LogP contribution >= 0.6 is 0 Å². The minimum absolute atomic E-state index is 0.00731. The van der Waals surface area contributed by atoms with Crippen molar-refractivity contribution in [2.75, 3.05) is 44.2 Å². The van der Waals surface area contributed by atoms with E-state index in [2.05, 4.69) is 25.2 Å². The van der Waals surface area contributed by atoms with Gasteiger partial charge >= 0.3 is 0 Å². The normalized spacial score (nSPS) is 19.3. The Morgan fingerprint density at radius 1 is 1.17 bits per heavy atom. The Balaban J connectivity index is 1.28. The molecule has 1 unspecified atom stereocenters. The molecule has 1 aromatic carbocycles. The van der Waals surface area contributed by atoms with Crippen LogP contribution in [0, 0.1) is 0 Å². The fourth-order valence-corrected chi connectivity index (χ4v) is 3.57. The number of nitrogens with two attached hydrogens (primary N) is 1. The lowest BCUT2D eigenvalue weighted by atomic mass is 10.0. The molecule has 152 valence electrons. The molecule has 1 aromatic heterocycles. The Hall–Kier alpha value is -3.36. The number of benzene rings is 1. The number of carbonyl (C=O) groups is 1. The molecule has 2 aliphatic rings. The van der Waals surface area contributed by atoms with Gasteiger partial charge in [-0.05, 0) is 12.1 Å². The number of ether oxygens (including phenoxy) is 1. The van der Waals surface area contributed by atoms with Crippen LogP contribution in [0.15, 0.2) is 47.7 Å². The number of carbonyl (C=O) groups excluding carboxylic acids is 1. The van der Waals surface area contributed by atoms with Crippen molar-refractivity contribution >= 4 is 17.8 Å². The summed E-state index contributed by atoms with van der Waals surface area (Å²) < 4.78 is 5.64. The summed E-state index contributed by atoms with van der Waals surface area (Å²) in [6.07, 6.45) is 4.21. The third kappa shape index (κ3) is 4.56. The lowest BCUT2D eigenvalue weighted by molar-refractivity contribution is -0.120. The van der Waals surface area contributed by atoms with Gasteiger partial charge in [-0.15, -0.1) is 0 Å². The number of amides is 1. The summed E-state index contributed by atoms with van der Waals surface area (Å²) in [7, 11) is 0. The average Bonchev–Trinajstić information content (AvgIpc) is 2.78. The molecule has 0 bridgehead atoms. The number of hydrogen-bond acceptors (Lipinski definition) is 6. The van der Waals surface area contributed by atoms with Crippen LogP contribution in [0.3, 0.4) is 0 Å². The number of anilines is 1. The second-order valence-corrected chi connectivity index (χ2v) is 6.99. The van der Waals surface area contributed by atoms with Crippen LogP contribution in [-0.4, -0.2) is 66.1 Å². The number of fused-ring (bicyclic) bond motifs is 1. The number of aromatic nitrogens is 2. The Labute approximate surface area is 169 Å². The first-order valence-corrected chi connectivity index (χ1v) is 9.78. The van der Waals surface area contributed by atoms with Gasteiger partial charge < -0.3 is 25.6 Å². The average molecular weight is 395 g/mol. The lowest BCUT2D eigenvalue weighted by Crippen LogP contribution is -2.51. The van der Waals surface area contributed by atoms with Gasteiger partial charge in [-0.25, -0.2) is 15.0 Å². The lowest BCUT2D eigenvalue weighted by Gasteiger charge is -2.35. The highest BCUT2D eigenvalue weighted by Gasteiger charge is 2.23. The van der Waals surface area contributed by atoms with Crippen LogP contribution in [0.5, 0.6) is 5.75 Å². The van der Waals surface area contributed by atoms with Crippen LogP contribution in [0.2, 0.25) is 0 Å². The van der Waals surface area contributed by atoms with Crippen LogP contribution < -0.4 is 20.7 Å². The van der Waals surface area contributed by atoms with Crippen molar-refractivity contribution in [3.63, 3.8) is 0 Å². The molecule has 2 aliphatic heterocycles. The van der Waals surface area contributed by atoms with Crippen LogP contribution in [-0.2, 0) is 4.79 Å². The second kappa shape index (κ2) is 8.76. The maximum absolute atomic E-state index is 12.4. The van der Waals surface area contributed by atoms with E-state index in [0.717, 1.165) is 36.8 Å². The van der Waals surface area contributed by atoms with Crippen molar-refractivity contribution in [1.82, 2.24) is 20.2 Å². The van der Waals surface area contributed by atoms with Crippen LogP contribution in [0.4, 0.5) is 5.95 Å². The van der Waals surface area contributed by atoms with Crippen molar-refractivity contribution < 1.29 is 9.53 Å². The Bertz CT molecular complexity index is 866. The van der Waals surface area contributed by atoms with Crippen molar-refractivity contribution in [2.45, 2.75) is 12.5 Å². The van der Waals surface area contributed by atoms with Gasteiger partial charge in [0.15, 0.2) is 5.96 Å². The zero-order chi connectivity index (χ0) is 20.1. The summed E-state index contributed by atoms with van der Waals surface area (Å²) in [6.45, 7) is 3.53. The van der Waals surface area contributed by atoms with E-state index in [9.17, 15) is 4.79 Å². The molecule has 0 aliphatic carbocycles. The number of piperazine rings is 1. The first-order valence-electron chi connectivity index (χ1n) is 9.78. The SMILES string of the molecule is NC(=NCC(=O)NC1CCOc2ccccc21)N1CCN(c2ncccn2)CC1. The fraction of sp³-hybridized carbons (Fsp3) is 0.400. The maximum Gasteiger partial charge on any atom is 0.242 e. The molecule has 9 heteroatoms. The van der Waals surface area contributed by atoms with Crippen LogP contribution in [0.1, 0.15) is 18.0 Å². The molecule has 3 N–H and O–H groups in total.